The molecule has 9 nitrogen and oxygen atoms in total. The molecule has 0 aliphatic heterocycles. The summed E-state index contributed by atoms with van der Waals surface area (Å²) in [6, 6.07) is 10.8. The summed E-state index contributed by atoms with van der Waals surface area (Å²) in [6.07, 6.45) is 0. The topological polar surface area (TPSA) is 112 Å². The lowest BCUT2D eigenvalue weighted by atomic mass is 10.2. The van der Waals surface area contributed by atoms with Crippen molar-refractivity contribution in [2.24, 2.45) is 0 Å². The summed E-state index contributed by atoms with van der Waals surface area (Å²) in [5, 5.41) is 2.69. The third kappa shape index (κ3) is 6.63. The summed E-state index contributed by atoms with van der Waals surface area (Å²) in [4.78, 5) is 12.2. The zero-order valence-corrected chi connectivity index (χ0v) is 17.2. The molecule has 0 atom stereocenters. The highest BCUT2D eigenvalue weighted by Gasteiger charge is 2.14. The summed E-state index contributed by atoms with van der Waals surface area (Å²) in [5.74, 6) is 1.01. The summed E-state index contributed by atoms with van der Waals surface area (Å²) in [7, 11) is 0.885. The largest absolute Gasteiger partial charge is 0.497 e. The van der Waals surface area contributed by atoms with Gasteiger partial charge in [0.15, 0.2) is 6.61 Å². The maximum atomic E-state index is 12.1. The number of benzene rings is 2. The van der Waals surface area contributed by atoms with E-state index < -0.39 is 15.9 Å². The first-order valence-electron chi connectivity index (χ1n) is 8.63. The van der Waals surface area contributed by atoms with Gasteiger partial charge < -0.3 is 24.3 Å². The lowest BCUT2D eigenvalue weighted by Crippen LogP contribution is -2.27. The molecule has 0 aromatic heterocycles. The first kappa shape index (κ1) is 22.5. The Morgan fingerprint density at radius 2 is 1.66 bits per heavy atom. The van der Waals surface area contributed by atoms with Gasteiger partial charge in [-0.3, -0.25) is 4.79 Å². The maximum Gasteiger partial charge on any atom is 0.262 e. The van der Waals surface area contributed by atoms with Gasteiger partial charge in [-0.1, -0.05) is 0 Å². The molecule has 158 valence electrons. The summed E-state index contributed by atoms with van der Waals surface area (Å²) in [5.41, 5.74) is 0.477. The Morgan fingerprint density at radius 1 is 0.966 bits per heavy atom. The van der Waals surface area contributed by atoms with Gasteiger partial charge in [0.2, 0.25) is 10.0 Å². The zero-order chi connectivity index (χ0) is 21.3. The maximum absolute atomic E-state index is 12.1. The standard InChI is InChI=1S/C19H24N2O7S/c1-25-11-10-20-29(23,24)16-7-4-14(5-8-16)28-13-19(22)21-17-9-6-15(26-2)12-18(17)27-3/h4-9,12,20H,10-11,13H2,1-3H3,(H,21,22). The zero-order valence-electron chi connectivity index (χ0n) is 16.4. The number of rotatable bonds is 11. The molecule has 1 amide bonds. The van der Waals surface area contributed by atoms with Crippen LogP contribution < -0.4 is 24.2 Å². The van der Waals surface area contributed by atoms with E-state index in [1.54, 1.807) is 18.2 Å². The highest BCUT2D eigenvalue weighted by molar-refractivity contribution is 7.89. The molecule has 2 rings (SSSR count). The number of nitrogens with one attached hydrogen (secondary N) is 2. The first-order chi connectivity index (χ1) is 13.9. The van der Waals surface area contributed by atoms with E-state index in [4.69, 9.17) is 18.9 Å². The van der Waals surface area contributed by atoms with Crippen molar-refractivity contribution in [3.8, 4) is 17.2 Å². The SMILES string of the molecule is COCCNS(=O)(=O)c1ccc(OCC(=O)Nc2ccc(OC)cc2OC)cc1. The van der Waals surface area contributed by atoms with Gasteiger partial charge in [-0.2, -0.15) is 0 Å². The van der Waals surface area contributed by atoms with Gasteiger partial charge in [-0.15, -0.1) is 0 Å². The van der Waals surface area contributed by atoms with Crippen LogP contribution in [0.4, 0.5) is 5.69 Å². The van der Waals surface area contributed by atoms with Crippen LogP contribution in [0.3, 0.4) is 0 Å². The van der Waals surface area contributed by atoms with Crippen molar-refractivity contribution in [2.75, 3.05) is 46.4 Å². The normalized spacial score (nSPS) is 11.0. The predicted octanol–water partition coefficient (Wildman–Crippen LogP) is 1.65. The molecular formula is C19H24N2O7S. The Hall–Kier alpha value is -2.82. The molecule has 0 heterocycles. The molecule has 0 saturated heterocycles. The van der Waals surface area contributed by atoms with E-state index in [2.05, 4.69) is 10.0 Å². The van der Waals surface area contributed by atoms with Crippen LogP contribution in [0, 0.1) is 0 Å². The molecule has 0 aliphatic rings. The van der Waals surface area contributed by atoms with E-state index in [9.17, 15) is 13.2 Å². The lowest BCUT2D eigenvalue weighted by Gasteiger charge is -2.12. The van der Waals surface area contributed by atoms with Crippen molar-refractivity contribution in [3.63, 3.8) is 0 Å². The molecule has 0 saturated carbocycles. The van der Waals surface area contributed by atoms with Crippen LogP contribution in [0.15, 0.2) is 47.4 Å². The van der Waals surface area contributed by atoms with Gasteiger partial charge in [0.05, 0.1) is 31.4 Å². The molecule has 2 aromatic carbocycles. The number of sulfonamides is 1. The number of hydrogen-bond acceptors (Lipinski definition) is 7. The van der Waals surface area contributed by atoms with E-state index in [1.807, 2.05) is 0 Å². The molecule has 0 unspecified atom stereocenters. The van der Waals surface area contributed by atoms with Crippen molar-refractivity contribution in [1.29, 1.82) is 0 Å². The van der Waals surface area contributed by atoms with Crippen molar-refractivity contribution in [2.45, 2.75) is 4.90 Å². The van der Waals surface area contributed by atoms with Crippen LogP contribution in [-0.2, 0) is 19.6 Å². The second kappa shape index (κ2) is 10.6. The fourth-order valence-electron chi connectivity index (χ4n) is 2.31. The van der Waals surface area contributed by atoms with E-state index in [0.717, 1.165) is 0 Å². The van der Waals surface area contributed by atoms with Gasteiger partial charge in [-0.05, 0) is 36.4 Å². The van der Waals surface area contributed by atoms with Crippen molar-refractivity contribution in [3.05, 3.63) is 42.5 Å². The molecule has 0 fully saturated rings. The van der Waals surface area contributed by atoms with Crippen LogP contribution in [0.25, 0.3) is 0 Å². The Balaban J connectivity index is 1.92. The monoisotopic (exact) mass is 424 g/mol. The van der Waals surface area contributed by atoms with E-state index in [0.29, 0.717) is 22.9 Å². The highest BCUT2D eigenvalue weighted by atomic mass is 32.2. The van der Waals surface area contributed by atoms with Gasteiger partial charge in [0.1, 0.15) is 17.2 Å². The quantitative estimate of drug-likeness (QED) is 0.528. The van der Waals surface area contributed by atoms with Gasteiger partial charge >= 0.3 is 0 Å². The van der Waals surface area contributed by atoms with E-state index in [1.165, 1.54) is 45.6 Å². The third-order valence-corrected chi connectivity index (χ3v) is 5.26. The van der Waals surface area contributed by atoms with Crippen LogP contribution in [0.1, 0.15) is 0 Å². The second-order valence-corrected chi connectivity index (χ2v) is 7.53. The summed E-state index contributed by atoms with van der Waals surface area (Å²) in [6.45, 7) is 0.188. The molecule has 29 heavy (non-hydrogen) atoms. The minimum atomic E-state index is -3.62. The molecule has 2 aromatic rings. The number of amides is 1. The summed E-state index contributed by atoms with van der Waals surface area (Å²) < 4.78 is 47.2. The Bertz CT molecular complexity index is 915. The number of hydrogen-bond donors (Lipinski definition) is 2. The van der Waals surface area contributed by atoms with Crippen LogP contribution >= 0.6 is 0 Å². The van der Waals surface area contributed by atoms with E-state index >= 15 is 0 Å². The fraction of sp³-hybridized carbons (Fsp3) is 0.316. The van der Waals surface area contributed by atoms with Gasteiger partial charge in [0.25, 0.3) is 5.91 Å². The van der Waals surface area contributed by atoms with Crippen LogP contribution in [-0.4, -0.2) is 55.4 Å². The van der Waals surface area contributed by atoms with Gasteiger partial charge in [-0.25, -0.2) is 13.1 Å². The number of methoxy groups -OCH3 is 3. The van der Waals surface area contributed by atoms with Gasteiger partial charge in [0, 0.05) is 19.7 Å². The third-order valence-electron chi connectivity index (χ3n) is 3.79. The molecule has 0 aliphatic carbocycles. The second-order valence-electron chi connectivity index (χ2n) is 5.77. The Labute approximate surface area is 170 Å². The lowest BCUT2D eigenvalue weighted by molar-refractivity contribution is -0.118. The average molecular weight is 424 g/mol. The molecule has 2 N–H and O–H groups in total. The fourth-order valence-corrected chi connectivity index (χ4v) is 3.33. The minimum Gasteiger partial charge on any atom is -0.497 e. The van der Waals surface area contributed by atoms with Crippen molar-refractivity contribution in [1.82, 2.24) is 4.72 Å². The molecule has 0 radical (unpaired) electrons. The number of anilines is 1. The van der Waals surface area contributed by atoms with E-state index in [-0.39, 0.29) is 24.7 Å². The van der Waals surface area contributed by atoms with Crippen LogP contribution in [0.2, 0.25) is 0 Å². The Morgan fingerprint density at radius 3 is 2.28 bits per heavy atom. The molecule has 10 heteroatoms. The molecular weight excluding hydrogens is 400 g/mol. The predicted molar refractivity (Wildman–Crippen MR) is 107 cm³/mol. The minimum absolute atomic E-state index is 0.0911. The number of ether oxygens (including phenoxy) is 4. The first-order valence-corrected chi connectivity index (χ1v) is 10.1. The molecule has 0 bridgehead atoms. The summed E-state index contributed by atoms with van der Waals surface area (Å²) >= 11 is 0. The van der Waals surface area contributed by atoms with Crippen molar-refractivity contribution >= 4 is 21.6 Å². The smallest absolute Gasteiger partial charge is 0.262 e. The highest BCUT2D eigenvalue weighted by Crippen LogP contribution is 2.29. The van der Waals surface area contributed by atoms with Crippen LogP contribution in [0.5, 0.6) is 17.2 Å². The van der Waals surface area contributed by atoms with Crippen molar-refractivity contribution < 1.29 is 32.2 Å². The number of carbonyl (C=O) groups excluding carboxylic acids is 1. The molecule has 0 spiro atoms. The Kier molecular flexibility index (Phi) is 8.25. The number of carbonyl (C=O) groups is 1. The average Bonchev–Trinajstić information content (AvgIpc) is 2.73.